The predicted molar refractivity (Wildman–Crippen MR) is 71.3 cm³/mol. The molecule has 4 amide bonds. The zero-order valence-electron chi connectivity index (χ0n) is 11.9. The number of carboxylic acid groups (broad SMARTS) is 1. The summed E-state index contributed by atoms with van der Waals surface area (Å²) >= 11 is 0. The maximum absolute atomic E-state index is 12.0. The second-order valence-electron chi connectivity index (χ2n) is 5.37. The quantitative estimate of drug-likeness (QED) is 0.705. The van der Waals surface area contributed by atoms with E-state index in [-0.39, 0.29) is 37.4 Å². The normalized spacial score (nSPS) is 22.3. The number of carbonyl (C=O) groups is 4. The minimum absolute atomic E-state index is 0.0694. The number of carboxylic acids is 1. The number of aliphatic carboxylic acids is 1. The van der Waals surface area contributed by atoms with Crippen LogP contribution in [0.3, 0.4) is 0 Å². The number of nitrogens with zero attached hydrogens (tertiary/aromatic N) is 3. The van der Waals surface area contributed by atoms with Crippen molar-refractivity contribution >= 4 is 23.8 Å². The van der Waals surface area contributed by atoms with Gasteiger partial charge in [-0.25, -0.2) is 9.59 Å². The van der Waals surface area contributed by atoms with E-state index in [1.54, 1.807) is 7.05 Å². The van der Waals surface area contributed by atoms with E-state index < -0.39 is 12.0 Å². The first-order valence-electron chi connectivity index (χ1n) is 6.99. The van der Waals surface area contributed by atoms with Crippen molar-refractivity contribution in [2.24, 2.45) is 0 Å². The number of likely N-dealkylation sites (N-methyl/N-ethyl adjacent to an activating group) is 1. The third-order valence-electron chi connectivity index (χ3n) is 3.86. The van der Waals surface area contributed by atoms with Crippen LogP contribution < -0.4 is 0 Å². The summed E-state index contributed by atoms with van der Waals surface area (Å²) in [5, 5.41) is 9.03. The van der Waals surface area contributed by atoms with Crippen molar-refractivity contribution in [3.05, 3.63) is 0 Å². The molecule has 8 heteroatoms. The Morgan fingerprint density at radius 1 is 1.33 bits per heavy atom. The summed E-state index contributed by atoms with van der Waals surface area (Å²) in [5.74, 6) is -1.47. The fraction of sp³-hybridized carbons (Fsp3) is 0.692. The molecule has 0 aromatic heterocycles. The highest BCUT2D eigenvalue weighted by atomic mass is 16.4. The molecule has 2 aliphatic rings. The van der Waals surface area contributed by atoms with Crippen molar-refractivity contribution in [3.63, 3.8) is 0 Å². The number of likely N-dealkylation sites (tertiary alicyclic amines) is 1. The van der Waals surface area contributed by atoms with Crippen molar-refractivity contribution in [1.29, 1.82) is 0 Å². The van der Waals surface area contributed by atoms with Gasteiger partial charge in [-0.2, -0.15) is 0 Å². The molecule has 0 aliphatic carbocycles. The van der Waals surface area contributed by atoms with Crippen molar-refractivity contribution < 1.29 is 24.3 Å². The van der Waals surface area contributed by atoms with Crippen LogP contribution in [0, 0.1) is 0 Å². The van der Waals surface area contributed by atoms with Gasteiger partial charge in [0.15, 0.2) is 0 Å². The molecule has 0 spiro atoms. The minimum atomic E-state index is -0.979. The molecule has 21 heavy (non-hydrogen) atoms. The first-order valence-corrected chi connectivity index (χ1v) is 6.99. The van der Waals surface area contributed by atoms with Gasteiger partial charge in [-0.05, 0) is 19.3 Å². The number of imide groups is 1. The van der Waals surface area contributed by atoms with Crippen LogP contribution >= 0.6 is 0 Å². The van der Waals surface area contributed by atoms with E-state index in [4.69, 9.17) is 5.11 Å². The number of carbonyl (C=O) groups excluding carboxylic acids is 3. The first kappa shape index (κ1) is 15.3. The molecule has 0 saturated carbocycles. The average Bonchev–Trinajstić information content (AvgIpc) is 2.99. The standard InChI is InChI=1S/C13H19N3O5/c1-14-8-11(18)16(13(14)21)7-3-5-10(17)15-6-2-4-9(15)12(19)20/h9H,2-8H2,1H3,(H,19,20)/t9-/m1/s1. The van der Waals surface area contributed by atoms with Crippen LogP contribution in [0.5, 0.6) is 0 Å². The molecule has 1 atom stereocenters. The lowest BCUT2D eigenvalue weighted by atomic mass is 10.2. The fourth-order valence-corrected chi connectivity index (χ4v) is 2.74. The van der Waals surface area contributed by atoms with E-state index in [1.807, 2.05) is 0 Å². The Bertz CT molecular complexity index is 478. The lowest BCUT2D eigenvalue weighted by molar-refractivity contribution is -0.148. The maximum atomic E-state index is 12.0. The molecule has 0 bridgehead atoms. The van der Waals surface area contributed by atoms with Crippen LogP contribution in [-0.4, -0.2) is 76.3 Å². The highest BCUT2D eigenvalue weighted by Crippen LogP contribution is 2.19. The van der Waals surface area contributed by atoms with Gasteiger partial charge in [0.2, 0.25) is 11.8 Å². The molecule has 8 nitrogen and oxygen atoms in total. The van der Waals surface area contributed by atoms with Crippen LogP contribution in [-0.2, 0) is 14.4 Å². The molecule has 2 aliphatic heterocycles. The Balaban J connectivity index is 1.81. The van der Waals surface area contributed by atoms with Crippen LogP contribution in [0.15, 0.2) is 0 Å². The van der Waals surface area contributed by atoms with Gasteiger partial charge in [0.1, 0.15) is 12.6 Å². The van der Waals surface area contributed by atoms with E-state index in [2.05, 4.69) is 0 Å². The number of amides is 4. The molecular weight excluding hydrogens is 278 g/mol. The molecule has 0 aromatic carbocycles. The van der Waals surface area contributed by atoms with Gasteiger partial charge in [-0.3, -0.25) is 14.5 Å². The second kappa shape index (κ2) is 6.11. The van der Waals surface area contributed by atoms with Crippen molar-refractivity contribution in [2.45, 2.75) is 31.7 Å². The fourth-order valence-electron chi connectivity index (χ4n) is 2.74. The maximum Gasteiger partial charge on any atom is 0.326 e. The molecule has 1 N–H and O–H groups in total. The SMILES string of the molecule is CN1CC(=O)N(CCCC(=O)N2CCC[C@@H]2C(=O)O)C1=O. The second-order valence-corrected chi connectivity index (χ2v) is 5.37. The lowest BCUT2D eigenvalue weighted by Gasteiger charge is -2.22. The van der Waals surface area contributed by atoms with Crippen LogP contribution in [0.1, 0.15) is 25.7 Å². The first-order chi connectivity index (χ1) is 9.91. The van der Waals surface area contributed by atoms with Crippen LogP contribution in [0.25, 0.3) is 0 Å². The summed E-state index contributed by atoms with van der Waals surface area (Å²) in [5.41, 5.74) is 0. The summed E-state index contributed by atoms with van der Waals surface area (Å²) < 4.78 is 0. The van der Waals surface area contributed by atoms with Crippen molar-refractivity contribution in [3.8, 4) is 0 Å². The summed E-state index contributed by atoms with van der Waals surface area (Å²) in [6, 6.07) is -1.09. The molecule has 2 saturated heterocycles. The monoisotopic (exact) mass is 297 g/mol. The number of rotatable bonds is 5. The summed E-state index contributed by atoms with van der Waals surface area (Å²) in [6.45, 7) is 0.722. The van der Waals surface area contributed by atoms with E-state index in [1.165, 1.54) is 9.80 Å². The zero-order chi connectivity index (χ0) is 15.6. The van der Waals surface area contributed by atoms with E-state index in [9.17, 15) is 19.2 Å². The highest BCUT2D eigenvalue weighted by Gasteiger charge is 2.35. The largest absolute Gasteiger partial charge is 0.480 e. The Kier molecular flexibility index (Phi) is 4.44. The lowest BCUT2D eigenvalue weighted by Crippen LogP contribution is -2.40. The van der Waals surface area contributed by atoms with Gasteiger partial charge >= 0.3 is 12.0 Å². The number of hydrogen-bond donors (Lipinski definition) is 1. The Morgan fingerprint density at radius 2 is 2.05 bits per heavy atom. The smallest absolute Gasteiger partial charge is 0.326 e. The molecule has 2 heterocycles. The molecule has 0 aromatic rings. The van der Waals surface area contributed by atoms with Crippen LogP contribution in [0.4, 0.5) is 4.79 Å². The van der Waals surface area contributed by atoms with Gasteiger partial charge in [0, 0.05) is 26.6 Å². The van der Waals surface area contributed by atoms with Gasteiger partial charge in [0.05, 0.1) is 0 Å². The molecule has 0 unspecified atom stereocenters. The van der Waals surface area contributed by atoms with Crippen molar-refractivity contribution in [1.82, 2.24) is 14.7 Å². The predicted octanol–water partition coefficient (Wildman–Crippen LogP) is -0.264. The van der Waals surface area contributed by atoms with Gasteiger partial charge in [0.25, 0.3) is 0 Å². The third kappa shape index (κ3) is 3.14. The average molecular weight is 297 g/mol. The summed E-state index contributed by atoms with van der Waals surface area (Å²) in [6.07, 6.45) is 1.67. The summed E-state index contributed by atoms with van der Waals surface area (Å²) in [7, 11) is 1.55. The molecule has 2 rings (SSSR count). The van der Waals surface area contributed by atoms with Gasteiger partial charge in [-0.15, -0.1) is 0 Å². The van der Waals surface area contributed by atoms with Gasteiger partial charge < -0.3 is 14.9 Å². The van der Waals surface area contributed by atoms with E-state index in [0.717, 1.165) is 4.90 Å². The zero-order valence-corrected chi connectivity index (χ0v) is 11.9. The minimum Gasteiger partial charge on any atom is -0.480 e. The Hall–Kier alpha value is -2.12. The molecule has 0 radical (unpaired) electrons. The van der Waals surface area contributed by atoms with E-state index >= 15 is 0 Å². The van der Waals surface area contributed by atoms with Gasteiger partial charge in [-0.1, -0.05) is 0 Å². The number of urea groups is 1. The highest BCUT2D eigenvalue weighted by molar-refractivity contribution is 6.01. The van der Waals surface area contributed by atoms with Crippen LogP contribution in [0.2, 0.25) is 0 Å². The molecular formula is C13H19N3O5. The van der Waals surface area contributed by atoms with Crippen molar-refractivity contribution in [2.75, 3.05) is 26.7 Å². The Labute approximate surface area is 122 Å². The molecule has 2 fully saturated rings. The topological polar surface area (TPSA) is 98.2 Å². The van der Waals surface area contributed by atoms with E-state index in [0.29, 0.717) is 25.8 Å². The molecule has 116 valence electrons. The third-order valence-corrected chi connectivity index (χ3v) is 3.86. The Morgan fingerprint density at radius 3 is 2.62 bits per heavy atom. The summed E-state index contributed by atoms with van der Waals surface area (Å²) in [4.78, 5) is 50.1. The number of hydrogen-bond acceptors (Lipinski definition) is 4.